The second-order valence-electron chi connectivity index (χ2n) is 2.73. The van der Waals surface area contributed by atoms with Gasteiger partial charge in [-0.25, -0.2) is 0 Å². The number of carbonyl (C=O) groups excluding carboxylic acids is 1. The zero-order chi connectivity index (χ0) is 7.44. The Morgan fingerprint density at radius 2 is 1.78 bits per heavy atom. The molecular weight excluding hydrogens is 116 g/mol. The lowest BCUT2D eigenvalue weighted by Gasteiger charge is -2.16. The van der Waals surface area contributed by atoms with Crippen LogP contribution in [0.1, 0.15) is 20.8 Å². The molecule has 0 heterocycles. The fourth-order valence-corrected chi connectivity index (χ4v) is 0.688. The minimum Gasteiger partial charge on any atom is -0.392 e. The Balaban J connectivity index is 3.71. The highest BCUT2D eigenvalue weighted by molar-refractivity contribution is 5.53. The molecule has 1 N–H and O–H groups in total. The third-order valence-corrected chi connectivity index (χ3v) is 1.44. The standard InChI is InChI=1S/C7H14O2/c1-5(2)7(9)6(3)4-8/h4-7,9H,1-3H3/t6?,7-/m1/s1. The summed E-state index contributed by atoms with van der Waals surface area (Å²) < 4.78 is 0. The van der Waals surface area contributed by atoms with Crippen molar-refractivity contribution >= 4 is 6.29 Å². The van der Waals surface area contributed by atoms with Crippen LogP contribution >= 0.6 is 0 Å². The van der Waals surface area contributed by atoms with Crippen molar-refractivity contribution in [3.8, 4) is 0 Å². The normalized spacial score (nSPS) is 17.4. The van der Waals surface area contributed by atoms with Crippen LogP contribution < -0.4 is 0 Å². The van der Waals surface area contributed by atoms with Crippen LogP contribution in [-0.2, 0) is 4.79 Å². The molecule has 0 aliphatic carbocycles. The minimum absolute atomic E-state index is 0.171. The third kappa shape index (κ3) is 2.61. The van der Waals surface area contributed by atoms with Crippen molar-refractivity contribution in [1.29, 1.82) is 0 Å². The van der Waals surface area contributed by atoms with Crippen LogP contribution in [0.5, 0.6) is 0 Å². The highest BCUT2D eigenvalue weighted by Gasteiger charge is 2.15. The molecule has 0 spiro atoms. The molecule has 0 radical (unpaired) electrons. The van der Waals surface area contributed by atoms with Gasteiger partial charge >= 0.3 is 0 Å². The third-order valence-electron chi connectivity index (χ3n) is 1.44. The van der Waals surface area contributed by atoms with Crippen molar-refractivity contribution in [1.82, 2.24) is 0 Å². The summed E-state index contributed by atoms with van der Waals surface area (Å²) in [7, 11) is 0. The first-order valence-electron chi connectivity index (χ1n) is 3.23. The average molecular weight is 130 g/mol. The van der Waals surface area contributed by atoms with E-state index in [2.05, 4.69) is 0 Å². The number of aldehydes is 1. The van der Waals surface area contributed by atoms with Crippen LogP contribution in [0.2, 0.25) is 0 Å². The van der Waals surface area contributed by atoms with E-state index in [0.29, 0.717) is 0 Å². The van der Waals surface area contributed by atoms with Gasteiger partial charge in [0.15, 0.2) is 0 Å². The van der Waals surface area contributed by atoms with E-state index in [4.69, 9.17) is 5.11 Å². The van der Waals surface area contributed by atoms with Crippen molar-refractivity contribution < 1.29 is 9.90 Å². The number of hydrogen-bond acceptors (Lipinski definition) is 2. The van der Waals surface area contributed by atoms with Gasteiger partial charge in [0.25, 0.3) is 0 Å². The molecule has 0 aliphatic rings. The summed E-state index contributed by atoms with van der Waals surface area (Å²) in [6.45, 7) is 5.51. The van der Waals surface area contributed by atoms with Gasteiger partial charge in [-0.3, -0.25) is 0 Å². The van der Waals surface area contributed by atoms with E-state index >= 15 is 0 Å². The first-order chi connectivity index (χ1) is 4.09. The van der Waals surface area contributed by atoms with Gasteiger partial charge in [-0.05, 0) is 5.92 Å². The molecule has 0 saturated carbocycles. The van der Waals surface area contributed by atoms with Crippen LogP contribution in [0.4, 0.5) is 0 Å². The monoisotopic (exact) mass is 130 g/mol. The Morgan fingerprint density at radius 3 is 1.89 bits per heavy atom. The molecule has 0 bridgehead atoms. The largest absolute Gasteiger partial charge is 0.392 e. The molecule has 0 aromatic heterocycles. The zero-order valence-corrected chi connectivity index (χ0v) is 6.16. The van der Waals surface area contributed by atoms with Gasteiger partial charge in [-0.2, -0.15) is 0 Å². The average Bonchev–Trinajstić information content (AvgIpc) is 1.84. The number of rotatable bonds is 3. The van der Waals surface area contributed by atoms with E-state index < -0.39 is 6.10 Å². The molecule has 0 aromatic rings. The van der Waals surface area contributed by atoms with E-state index in [1.165, 1.54) is 0 Å². The molecule has 2 nitrogen and oxygen atoms in total. The van der Waals surface area contributed by atoms with E-state index in [0.717, 1.165) is 6.29 Å². The fraction of sp³-hybridized carbons (Fsp3) is 0.857. The summed E-state index contributed by atoms with van der Waals surface area (Å²) in [6.07, 6.45) is 0.299. The Hall–Kier alpha value is -0.370. The summed E-state index contributed by atoms with van der Waals surface area (Å²) in [6, 6.07) is 0. The van der Waals surface area contributed by atoms with Gasteiger partial charge in [0.1, 0.15) is 6.29 Å². The molecule has 54 valence electrons. The van der Waals surface area contributed by atoms with Crippen LogP contribution in [0.15, 0.2) is 0 Å². The predicted molar refractivity (Wildman–Crippen MR) is 36.1 cm³/mol. The molecule has 0 amide bonds. The van der Waals surface area contributed by atoms with Crippen LogP contribution in [-0.4, -0.2) is 17.5 Å². The Labute approximate surface area is 55.9 Å². The second kappa shape index (κ2) is 3.62. The number of carbonyl (C=O) groups is 1. The lowest BCUT2D eigenvalue weighted by atomic mass is 9.96. The molecule has 2 heteroatoms. The lowest BCUT2D eigenvalue weighted by Crippen LogP contribution is -2.24. The summed E-state index contributed by atoms with van der Waals surface area (Å²) in [5.74, 6) is -0.0600. The molecule has 0 aromatic carbocycles. The highest BCUT2D eigenvalue weighted by atomic mass is 16.3. The molecule has 0 fully saturated rings. The van der Waals surface area contributed by atoms with Crippen molar-refractivity contribution in [2.75, 3.05) is 0 Å². The summed E-state index contributed by atoms with van der Waals surface area (Å²) in [4.78, 5) is 10.1. The maximum Gasteiger partial charge on any atom is 0.125 e. The molecule has 0 saturated heterocycles. The Morgan fingerprint density at radius 1 is 1.33 bits per heavy atom. The van der Waals surface area contributed by atoms with Gasteiger partial charge in [0.2, 0.25) is 0 Å². The highest BCUT2D eigenvalue weighted by Crippen LogP contribution is 2.09. The van der Waals surface area contributed by atoms with Gasteiger partial charge in [0.05, 0.1) is 6.10 Å². The van der Waals surface area contributed by atoms with Crippen molar-refractivity contribution in [3.05, 3.63) is 0 Å². The van der Waals surface area contributed by atoms with Gasteiger partial charge in [-0.1, -0.05) is 20.8 Å². The SMILES string of the molecule is CC(C)[C@@H](O)C(C)C=O. The summed E-state index contributed by atoms with van der Waals surface area (Å²) >= 11 is 0. The van der Waals surface area contributed by atoms with Crippen molar-refractivity contribution in [2.24, 2.45) is 11.8 Å². The van der Waals surface area contributed by atoms with Gasteiger partial charge in [0, 0.05) is 5.92 Å². The maximum atomic E-state index is 10.1. The summed E-state index contributed by atoms with van der Waals surface area (Å²) in [5, 5.41) is 9.16. The van der Waals surface area contributed by atoms with E-state index in [1.54, 1.807) is 6.92 Å². The maximum absolute atomic E-state index is 10.1. The van der Waals surface area contributed by atoms with E-state index in [9.17, 15) is 4.79 Å². The number of hydrogen-bond donors (Lipinski definition) is 1. The van der Waals surface area contributed by atoms with Gasteiger partial charge < -0.3 is 9.90 Å². The summed E-state index contributed by atoms with van der Waals surface area (Å²) in [5.41, 5.74) is 0. The fourth-order valence-electron chi connectivity index (χ4n) is 0.688. The molecule has 2 atom stereocenters. The van der Waals surface area contributed by atoms with Crippen molar-refractivity contribution in [2.45, 2.75) is 26.9 Å². The van der Waals surface area contributed by atoms with E-state index in [-0.39, 0.29) is 11.8 Å². The number of aliphatic hydroxyl groups excluding tert-OH is 1. The van der Waals surface area contributed by atoms with Crippen LogP contribution in [0, 0.1) is 11.8 Å². The molecule has 9 heavy (non-hydrogen) atoms. The Kier molecular flexibility index (Phi) is 3.47. The number of aliphatic hydroxyl groups is 1. The van der Waals surface area contributed by atoms with Crippen LogP contribution in [0.25, 0.3) is 0 Å². The quantitative estimate of drug-likeness (QED) is 0.575. The lowest BCUT2D eigenvalue weighted by molar-refractivity contribution is -0.114. The predicted octanol–water partition coefficient (Wildman–Crippen LogP) is 0.838. The Bertz CT molecular complexity index is 88.9. The van der Waals surface area contributed by atoms with Crippen LogP contribution in [0.3, 0.4) is 0 Å². The first-order valence-corrected chi connectivity index (χ1v) is 3.23. The van der Waals surface area contributed by atoms with Crippen molar-refractivity contribution in [3.63, 3.8) is 0 Å². The zero-order valence-electron chi connectivity index (χ0n) is 6.16. The van der Waals surface area contributed by atoms with E-state index in [1.807, 2.05) is 13.8 Å². The smallest absolute Gasteiger partial charge is 0.125 e. The first kappa shape index (κ1) is 8.63. The molecular formula is C7H14O2. The molecule has 0 rings (SSSR count). The molecule has 0 aliphatic heterocycles. The minimum atomic E-state index is -0.484. The molecule has 1 unspecified atom stereocenters. The van der Waals surface area contributed by atoms with Gasteiger partial charge in [-0.15, -0.1) is 0 Å². The topological polar surface area (TPSA) is 37.3 Å². The second-order valence-corrected chi connectivity index (χ2v) is 2.73.